The zero-order valence-electron chi connectivity index (χ0n) is 5.84. The van der Waals surface area contributed by atoms with E-state index in [0.717, 1.165) is 0 Å². The molecule has 0 saturated carbocycles. The third kappa shape index (κ3) is 12200. The molecule has 0 rings (SSSR count). The largest absolute Gasteiger partial charge is 0.412 e. The van der Waals surface area contributed by atoms with Gasteiger partial charge in [-0.3, -0.25) is 9.11 Å². The Morgan fingerprint density at radius 2 is 0.818 bits per heavy atom. The van der Waals surface area contributed by atoms with Crippen LogP contribution in [-0.4, -0.2) is 43.9 Å². The van der Waals surface area contributed by atoms with Crippen LogP contribution in [-0.2, 0) is 20.2 Å². The van der Waals surface area contributed by atoms with Crippen molar-refractivity contribution in [3.8, 4) is 0 Å². The molecule has 0 aromatic rings. The average Bonchev–Trinajstić information content (AvgIpc) is 1.12. The first-order valence-corrected chi connectivity index (χ1v) is 5.54. The molecule has 0 heterocycles. The highest BCUT2D eigenvalue weighted by Gasteiger charge is 1.81. The van der Waals surface area contributed by atoms with Gasteiger partial charge in [-0.05, 0) is 0 Å². The minimum atomic E-state index is -3.67. The van der Waals surface area contributed by atoms with Gasteiger partial charge in [0.2, 0.25) is 0 Å². The van der Waals surface area contributed by atoms with E-state index in [2.05, 4.69) is 0 Å². The van der Waals surface area contributed by atoms with Crippen molar-refractivity contribution in [2.45, 2.75) is 0 Å². The normalized spacial score (nSPS) is 10.5. The third-order valence-corrected chi connectivity index (χ3v) is 0. The van der Waals surface area contributed by atoms with Crippen molar-refractivity contribution in [3.05, 3.63) is 0 Å². The summed E-state index contributed by atoms with van der Waals surface area (Å²) in [6.07, 6.45) is 1.43. The zero-order valence-corrected chi connectivity index (χ0v) is 7.48. The highest BCUT2D eigenvalue weighted by molar-refractivity contribution is 7.85. The van der Waals surface area contributed by atoms with Crippen LogP contribution in [0.3, 0.4) is 0 Å². The van der Waals surface area contributed by atoms with Gasteiger partial charge in [0.05, 0.1) is 12.5 Å². The summed E-state index contributed by atoms with van der Waals surface area (Å²) < 4.78 is 51.7. The second-order valence-electron chi connectivity index (χ2n) is 1.47. The Morgan fingerprint density at radius 1 is 0.818 bits per heavy atom. The monoisotopic (exact) mass is 210 g/mol. The van der Waals surface area contributed by atoms with Gasteiger partial charge >= 0.3 is 0 Å². The smallest absolute Gasteiger partial charge is 0.261 e. The van der Waals surface area contributed by atoms with Gasteiger partial charge in [0.15, 0.2) is 0 Å². The highest BCUT2D eigenvalue weighted by Crippen LogP contribution is 1.60. The highest BCUT2D eigenvalue weighted by atomic mass is 32.2. The molecule has 0 spiro atoms. The minimum absolute atomic E-state index is 0. The van der Waals surface area contributed by atoms with Gasteiger partial charge < -0.3 is 5.48 Å². The van der Waals surface area contributed by atoms with Crippen molar-refractivity contribution in [3.63, 3.8) is 0 Å². The third-order valence-electron chi connectivity index (χ3n) is 0. The van der Waals surface area contributed by atoms with Gasteiger partial charge in [0.25, 0.3) is 20.2 Å². The molecular weight excluding hydrogens is 200 g/mol. The van der Waals surface area contributed by atoms with Crippen molar-refractivity contribution < 1.29 is 31.4 Å². The van der Waals surface area contributed by atoms with E-state index in [-0.39, 0.29) is 5.48 Å². The molecular formula is C2H10O7S2. The zero-order chi connectivity index (χ0) is 9.00. The summed E-state index contributed by atoms with van der Waals surface area (Å²) in [5, 5.41) is 0. The van der Waals surface area contributed by atoms with Crippen LogP contribution in [0.15, 0.2) is 0 Å². The van der Waals surface area contributed by atoms with E-state index in [9.17, 15) is 16.8 Å². The summed E-state index contributed by atoms with van der Waals surface area (Å²) in [5.41, 5.74) is 0. The van der Waals surface area contributed by atoms with E-state index in [4.69, 9.17) is 9.11 Å². The Balaban J connectivity index is -0.000000107. The average molecular weight is 210 g/mol. The van der Waals surface area contributed by atoms with Crippen LogP contribution in [0.5, 0.6) is 0 Å². The summed E-state index contributed by atoms with van der Waals surface area (Å²) in [4.78, 5) is 0. The molecule has 0 radical (unpaired) electrons. The molecule has 72 valence electrons. The molecule has 4 N–H and O–H groups in total. The summed E-state index contributed by atoms with van der Waals surface area (Å²) in [7, 11) is -7.33. The second-order valence-corrected chi connectivity index (χ2v) is 4.40. The molecule has 0 bridgehead atoms. The Labute approximate surface area is 64.8 Å². The van der Waals surface area contributed by atoms with Gasteiger partial charge in [-0.25, -0.2) is 0 Å². The maximum atomic E-state index is 9.19. The van der Waals surface area contributed by atoms with Gasteiger partial charge in [0, 0.05) is 0 Å². The van der Waals surface area contributed by atoms with Crippen LogP contribution < -0.4 is 0 Å². The molecule has 7 nitrogen and oxygen atoms in total. The predicted molar refractivity (Wildman–Crippen MR) is 38.6 cm³/mol. The van der Waals surface area contributed by atoms with Crippen LogP contribution in [0.1, 0.15) is 0 Å². The van der Waals surface area contributed by atoms with E-state index in [0.29, 0.717) is 12.5 Å². The Morgan fingerprint density at radius 3 is 0.818 bits per heavy atom. The van der Waals surface area contributed by atoms with E-state index >= 15 is 0 Å². The molecule has 0 aromatic carbocycles. The second kappa shape index (κ2) is 5.43. The summed E-state index contributed by atoms with van der Waals surface area (Å²) in [6, 6.07) is 0. The first-order valence-electron chi connectivity index (χ1n) is 1.85. The molecule has 11 heavy (non-hydrogen) atoms. The van der Waals surface area contributed by atoms with Crippen molar-refractivity contribution in [1.29, 1.82) is 0 Å². The molecule has 0 aliphatic rings. The van der Waals surface area contributed by atoms with Crippen LogP contribution in [0.25, 0.3) is 0 Å². The fourth-order valence-electron chi connectivity index (χ4n) is 0. The van der Waals surface area contributed by atoms with Crippen LogP contribution in [0.2, 0.25) is 0 Å². The molecule has 9 heteroatoms. The molecule has 0 saturated heterocycles. The SMILES string of the molecule is CS(=O)(=O)O.CS(=O)(=O)O.O. The minimum Gasteiger partial charge on any atom is -0.412 e. The first-order chi connectivity index (χ1) is 4.00. The standard InChI is InChI=1S/2CH4O3S.H2O/c2*1-5(2,3)4;/h2*1H3,(H,2,3,4);1H2. The predicted octanol–water partition coefficient (Wildman–Crippen LogP) is -1.82. The van der Waals surface area contributed by atoms with E-state index in [1.165, 1.54) is 0 Å². The molecule has 0 aliphatic heterocycles. The maximum absolute atomic E-state index is 9.19. The Bertz CT molecular complexity index is 211. The summed E-state index contributed by atoms with van der Waals surface area (Å²) in [6.45, 7) is 0. The number of hydrogen-bond acceptors (Lipinski definition) is 4. The Hall–Kier alpha value is -0.220. The fourth-order valence-corrected chi connectivity index (χ4v) is 0. The topological polar surface area (TPSA) is 140 Å². The Kier molecular flexibility index (Phi) is 8.41. The number of hydrogen-bond donors (Lipinski definition) is 2. The van der Waals surface area contributed by atoms with Gasteiger partial charge in [-0.1, -0.05) is 0 Å². The lowest BCUT2D eigenvalue weighted by Gasteiger charge is -1.69. The van der Waals surface area contributed by atoms with Gasteiger partial charge in [-0.15, -0.1) is 0 Å². The quantitative estimate of drug-likeness (QED) is 0.451. The number of rotatable bonds is 0. The molecule has 0 amide bonds. The molecule has 0 aromatic heterocycles. The lowest BCUT2D eigenvalue weighted by molar-refractivity contribution is 0.488. The summed E-state index contributed by atoms with van der Waals surface area (Å²) in [5.74, 6) is 0. The van der Waals surface area contributed by atoms with Crippen LogP contribution >= 0.6 is 0 Å². The van der Waals surface area contributed by atoms with Gasteiger partial charge in [0.1, 0.15) is 0 Å². The van der Waals surface area contributed by atoms with Crippen molar-refractivity contribution in [1.82, 2.24) is 0 Å². The van der Waals surface area contributed by atoms with Crippen LogP contribution in [0, 0.1) is 0 Å². The van der Waals surface area contributed by atoms with E-state index in [1.54, 1.807) is 0 Å². The fraction of sp³-hybridized carbons (Fsp3) is 1.00. The van der Waals surface area contributed by atoms with Crippen molar-refractivity contribution in [2.24, 2.45) is 0 Å². The van der Waals surface area contributed by atoms with Crippen molar-refractivity contribution in [2.75, 3.05) is 12.5 Å². The first kappa shape index (κ1) is 17.0. The molecule has 0 fully saturated rings. The van der Waals surface area contributed by atoms with Gasteiger partial charge in [-0.2, -0.15) is 16.8 Å². The maximum Gasteiger partial charge on any atom is 0.261 e. The van der Waals surface area contributed by atoms with E-state index in [1.807, 2.05) is 0 Å². The summed E-state index contributed by atoms with van der Waals surface area (Å²) >= 11 is 0. The van der Waals surface area contributed by atoms with Crippen molar-refractivity contribution >= 4 is 20.2 Å². The van der Waals surface area contributed by atoms with E-state index < -0.39 is 20.2 Å². The molecule has 0 unspecified atom stereocenters. The lowest BCUT2D eigenvalue weighted by atomic mass is 12.0. The van der Waals surface area contributed by atoms with Crippen LogP contribution in [0.4, 0.5) is 0 Å². The lowest BCUT2D eigenvalue weighted by Crippen LogP contribution is -1.88. The molecule has 0 atom stereocenters. The molecule has 0 aliphatic carbocycles.